The summed E-state index contributed by atoms with van der Waals surface area (Å²) in [7, 11) is -3.70. The number of nitrogens with zero attached hydrogens (tertiary/aromatic N) is 1. The highest BCUT2D eigenvalue weighted by molar-refractivity contribution is 7.92. The van der Waals surface area contributed by atoms with Crippen molar-refractivity contribution in [2.24, 2.45) is 0 Å². The van der Waals surface area contributed by atoms with Crippen molar-refractivity contribution < 1.29 is 17.7 Å². The fraction of sp³-hybridized carbons (Fsp3) is 0.217. The molecule has 0 spiro atoms. The number of hydrogen-bond donors (Lipinski definition) is 2. The van der Waals surface area contributed by atoms with Crippen LogP contribution in [-0.4, -0.2) is 19.5 Å². The van der Waals surface area contributed by atoms with E-state index in [1.807, 2.05) is 26.0 Å². The van der Waals surface area contributed by atoms with E-state index in [-0.39, 0.29) is 10.8 Å². The molecule has 0 aliphatic heterocycles. The van der Waals surface area contributed by atoms with Crippen LogP contribution in [0, 0.1) is 20.8 Å². The number of aromatic nitrogens is 1. The van der Waals surface area contributed by atoms with Crippen LogP contribution in [0.3, 0.4) is 0 Å². The SMILES string of the molecule is CCC(=O)Nc1c(C)noc1C=Cc1ccc(S(=O)(=O)Nc2ccc(C)cc2C)cc1. The van der Waals surface area contributed by atoms with Gasteiger partial charge in [-0.05, 0) is 56.2 Å². The van der Waals surface area contributed by atoms with Crippen LogP contribution in [0.4, 0.5) is 11.4 Å². The molecule has 2 N–H and O–H groups in total. The summed E-state index contributed by atoms with van der Waals surface area (Å²) in [6.07, 6.45) is 3.79. The van der Waals surface area contributed by atoms with Crippen molar-refractivity contribution >= 4 is 39.5 Å². The first kappa shape index (κ1) is 22.3. The number of carbonyl (C=O) groups excluding carboxylic acids is 1. The van der Waals surface area contributed by atoms with E-state index in [4.69, 9.17) is 4.52 Å². The second kappa shape index (κ2) is 9.18. The van der Waals surface area contributed by atoms with Crippen LogP contribution in [0.15, 0.2) is 51.9 Å². The molecule has 31 heavy (non-hydrogen) atoms. The van der Waals surface area contributed by atoms with Gasteiger partial charge in [0, 0.05) is 6.42 Å². The molecule has 7 nitrogen and oxygen atoms in total. The number of anilines is 2. The molecule has 0 bridgehead atoms. The molecule has 3 rings (SSSR count). The van der Waals surface area contributed by atoms with Gasteiger partial charge in [-0.15, -0.1) is 0 Å². The summed E-state index contributed by atoms with van der Waals surface area (Å²) in [5.41, 5.74) is 4.36. The predicted molar refractivity (Wildman–Crippen MR) is 122 cm³/mol. The number of nitrogens with one attached hydrogen (secondary N) is 2. The van der Waals surface area contributed by atoms with Crippen molar-refractivity contribution in [1.82, 2.24) is 5.16 Å². The molecule has 1 heterocycles. The number of hydrogen-bond acceptors (Lipinski definition) is 5. The Kier molecular flexibility index (Phi) is 6.60. The number of amides is 1. The van der Waals surface area contributed by atoms with Gasteiger partial charge in [-0.25, -0.2) is 8.42 Å². The summed E-state index contributed by atoms with van der Waals surface area (Å²) in [6.45, 7) is 7.33. The average Bonchev–Trinajstić information content (AvgIpc) is 3.08. The zero-order valence-corrected chi connectivity index (χ0v) is 18.7. The molecular weight excluding hydrogens is 414 g/mol. The molecule has 1 aromatic heterocycles. The summed E-state index contributed by atoms with van der Waals surface area (Å²) in [5, 5.41) is 6.66. The van der Waals surface area contributed by atoms with E-state index < -0.39 is 10.0 Å². The number of sulfonamides is 1. The maximum absolute atomic E-state index is 12.7. The van der Waals surface area contributed by atoms with Gasteiger partial charge in [0.2, 0.25) is 5.91 Å². The standard InChI is InChI=1S/C23H25N3O4S/c1-5-22(27)24-23-17(4)25-30-21(23)13-9-18-7-10-19(11-8-18)31(28,29)26-20-12-6-15(2)14-16(20)3/h6-14,26H,5H2,1-4H3,(H,24,27). The molecular formula is C23H25N3O4S. The van der Waals surface area contributed by atoms with Crippen LogP contribution < -0.4 is 10.0 Å². The van der Waals surface area contributed by atoms with Gasteiger partial charge in [-0.2, -0.15) is 0 Å². The molecule has 0 fully saturated rings. The monoisotopic (exact) mass is 439 g/mol. The zero-order chi connectivity index (χ0) is 22.6. The number of benzene rings is 2. The Labute approximate surface area is 182 Å². The first-order valence-electron chi connectivity index (χ1n) is 9.84. The molecule has 162 valence electrons. The van der Waals surface area contributed by atoms with E-state index >= 15 is 0 Å². The predicted octanol–water partition coefficient (Wildman–Crippen LogP) is 4.92. The highest BCUT2D eigenvalue weighted by Crippen LogP contribution is 2.24. The van der Waals surface area contributed by atoms with E-state index in [2.05, 4.69) is 15.2 Å². The largest absolute Gasteiger partial charge is 0.354 e. The molecule has 8 heteroatoms. The summed E-state index contributed by atoms with van der Waals surface area (Å²) in [4.78, 5) is 11.9. The van der Waals surface area contributed by atoms with Crippen LogP contribution >= 0.6 is 0 Å². The van der Waals surface area contributed by atoms with E-state index in [1.54, 1.807) is 44.2 Å². The van der Waals surface area contributed by atoms with Crippen LogP contribution in [0.1, 0.15) is 41.5 Å². The maximum Gasteiger partial charge on any atom is 0.261 e. The van der Waals surface area contributed by atoms with Gasteiger partial charge in [-0.3, -0.25) is 9.52 Å². The van der Waals surface area contributed by atoms with Crippen molar-refractivity contribution in [3.63, 3.8) is 0 Å². The molecule has 2 aromatic carbocycles. The first-order valence-corrected chi connectivity index (χ1v) is 11.3. The highest BCUT2D eigenvalue weighted by atomic mass is 32.2. The van der Waals surface area contributed by atoms with Crippen molar-refractivity contribution in [2.45, 2.75) is 39.0 Å². The average molecular weight is 440 g/mol. The Morgan fingerprint density at radius 1 is 1.06 bits per heavy atom. The van der Waals surface area contributed by atoms with E-state index in [0.717, 1.165) is 16.7 Å². The van der Waals surface area contributed by atoms with Crippen LogP contribution in [0.25, 0.3) is 12.2 Å². The van der Waals surface area contributed by atoms with E-state index in [1.165, 1.54) is 12.1 Å². The normalized spacial score (nSPS) is 11.6. The number of rotatable bonds is 7. The van der Waals surface area contributed by atoms with Gasteiger partial charge in [0.25, 0.3) is 10.0 Å². The Hall–Kier alpha value is -3.39. The highest BCUT2D eigenvalue weighted by Gasteiger charge is 2.15. The molecule has 0 saturated carbocycles. The summed E-state index contributed by atoms with van der Waals surface area (Å²) < 4.78 is 33.3. The molecule has 0 saturated heterocycles. The molecule has 0 atom stereocenters. The summed E-state index contributed by atoms with van der Waals surface area (Å²) in [6, 6.07) is 12.0. The van der Waals surface area contributed by atoms with Crippen molar-refractivity contribution in [3.05, 3.63) is 70.6 Å². The van der Waals surface area contributed by atoms with Crippen LogP contribution in [-0.2, 0) is 14.8 Å². The van der Waals surface area contributed by atoms with E-state index in [9.17, 15) is 13.2 Å². The fourth-order valence-electron chi connectivity index (χ4n) is 2.94. The third-order valence-electron chi connectivity index (χ3n) is 4.72. The quantitative estimate of drug-likeness (QED) is 0.544. The third-order valence-corrected chi connectivity index (χ3v) is 6.10. The van der Waals surface area contributed by atoms with Crippen molar-refractivity contribution in [3.8, 4) is 0 Å². The molecule has 3 aromatic rings. The molecule has 0 unspecified atom stereocenters. The molecule has 1 amide bonds. The minimum absolute atomic E-state index is 0.133. The van der Waals surface area contributed by atoms with Crippen LogP contribution in [0.5, 0.6) is 0 Å². The van der Waals surface area contributed by atoms with Gasteiger partial charge in [0.1, 0.15) is 11.4 Å². The number of aryl methyl sites for hydroxylation is 3. The fourth-order valence-corrected chi connectivity index (χ4v) is 4.07. The van der Waals surface area contributed by atoms with Crippen molar-refractivity contribution in [2.75, 3.05) is 10.0 Å². The minimum Gasteiger partial charge on any atom is -0.354 e. The minimum atomic E-state index is -3.70. The van der Waals surface area contributed by atoms with Gasteiger partial charge < -0.3 is 9.84 Å². The topological polar surface area (TPSA) is 101 Å². The Bertz CT molecular complexity index is 1230. The summed E-state index contributed by atoms with van der Waals surface area (Å²) >= 11 is 0. The lowest BCUT2D eigenvalue weighted by molar-refractivity contribution is -0.115. The lowest BCUT2D eigenvalue weighted by Gasteiger charge is -2.11. The Morgan fingerprint density at radius 2 is 1.77 bits per heavy atom. The van der Waals surface area contributed by atoms with Crippen LogP contribution in [0.2, 0.25) is 0 Å². The zero-order valence-electron chi connectivity index (χ0n) is 17.9. The van der Waals surface area contributed by atoms with Gasteiger partial charge in [0.15, 0.2) is 5.76 Å². The van der Waals surface area contributed by atoms with Gasteiger partial charge in [-0.1, -0.05) is 48.0 Å². The molecule has 0 aliphatic rings. The first-order chi connectivity index (χ1) is 14.7. The lowest BCUT2D eigenvalue weighted by atomic mass is 10.1. The molecule has 0 radical (unpaired) electrons. The summed E-state index contributed by atoms with van der Waals surface area (Å²) in [5.74, 6) is 0.291. The number of carbonyl (C=O) groups is 1. The second-order valence-electron chi connectivity index (χ2n) is 7.24. The maximum atomic E-state index is 12.7. The van der Waals surface area contributed by atoms with E-state index in [0.29, 0.717) is 29.2 Å². The van der Waals surface area contributed by atoms with Crippen molar-refractivity contribution in [1.29, 1.82) is 0 Å². The van der Waals surface area contributed by atoms with Gasteiger partial charge >= 0.3 is 0 Å². The Morgan fingerprint density at radius 3 is 2.42 bits per heavy atom. The second-order valence-corrected chi connectivity index (χ2v) is 8.92. The lowest BCUT2D eigenvalue weighted by Crippen LogP contribution is -2.13. The smallest absolute Gasteiger partial charge is 0.261 e. The third kappa shape index (κ3) is 5.40. The van der Waals surface area contributed by atoms with Gasteiger partial charge in [0.05, 0.1) is 10.6 Å². The molecule has 0 aliphatic carbocycles. The Balaban J connectivity index is 1.77.